The molecular formula is C21H20O8. The largest absolute Gasteiger partial charge is 0.463 e. The van der Waals surface area contributed by atoms with Crippen LogP contribution in [0.4, 0.5) is 0 Å². The van der Waals surface area contributed by atoms with E-state index in [1.165, 1.54) is 31.6 Å². The molecule has 8 nitrogen and oxygen atoms in total. The second-order valence-electron chi connectivity index (χ2n) is 6.28. The van der Waals surface area contributed by atoms with Gasteiger partial charge >= 0.3 is 17.6 Å². The van der Waals surface area contributed by atoms with E-state index in [1.807, 2.05) is 0 Å². The van der Waals surface area contributed by atoms with Crippen molar-refractivity contribution in [2.45, 2.75) is 19.8 Å². The zero-order valence-electron chi connectivity index (χ0n) is 16.1. The molecule has 0 spiro atoms. The van der Waals surface area contributed by atoms with Gasteiger partial charge in [0.1, 0.15) is 17.9 Å². The third kappa shape index (κ3) is 5.11. The number of carbonyl (C=O) groups excluding carboxylic acids is 2. The number of furan rings is 1. The summed E-state index contributed by atoms with van der Waals surface area (Å²) in [6, 6.07) is 7.62. The van der Waals surface area contributed by atoms with Crippen LogP contribution >= 0.6 is 0 Å². The highest BCUT2D eigenvalue weighted by atomic mass is 16.6. The van der Waals surface area contributed by atoms with E-state index in [4.69, 9.17) is 23.0 Å². The van der Waals surface area contributed by atoms with Gasteiger partial charge in [-0.2, -0.15) is 0 Å². The summed E-state index contributed by atoms with van der Waals surface area (Å²) in [6.45, 7) is 2.25. The molecule has 0 saturated carbocycles. The zero-order valence-corrected chi connectivity index (χ0v) is 16.1. The minimum Gasteiger partial charge on any atom is -0.463 e. The van der Waals surface area contributed by atoms with Crippen LogP contribution in [0.3, 0.4) is 0 Å². The lowest BCUT2D eigenvalue weighted by atomic mass is 10.0. The Kier molecular flexibility index (Phi) is 6.46. The van der Waals surface area contributed by atoms with Crippen LogP contribution in [0.1, 0.15) is 28.1 Å². The molecule has 0 aliphatic heterocycles. The first-order valence-electron chi connectivity index (χ1n) is 8.95. The number of hydrogen-bond acceptors (Lipinski definition) is 8. The Balaban J connectivity index is 1.89. The van der Waals surface area contributed by atoms with Gasteiger partial charge in [0.05, 0.1) is 12.9 Å². The highest BCUT2D eigenvalue weighted by molar-refractivity contribution is 5.90. The molecule has 0 fully saturated rings. The van der Waals surface area contributed by atoms with E-state index in [-0.39, 0.29) is 36.5 Å². The summed E-state index contributed by atoms with van der Waals surface area (Å²) in [7, 11) is 1.52. The van der Waals surface area contributed by atoms with E-state index in [9.17, 15) is 14.4 Å². The van der Waals surface area contributed by atoms with Gasteiger partial charge in [-0.25, -0.2) is 9.59 Å². The van der Waals surface area contributed by atoms with Crippen LogP contribution < -0.4 is 10.4 Å². The Morgan fingerprint density at radius 3 is 2.69 bits per heavy atom. The Labute approximate surface area is 166 Å². The van der Waals surface area contributed by atoms with Gasteiger partial charge in [0.25, 0.3) is 0 Å². The Hall–Kier alpha value is -3.39. The number of methoxy groups -OCH3 is 1. The van der Waals surface area contributed by atoms with E-state index >= 15 is 0 Å². The smallest absolute Gasteiger partial charge is 0.379 e. The maximum Gasteiger partial charge on any atom is 0.379 e. The number of benzene rings is 1. The molecule has 2 heterocycles. The molecule has 152 valence electrons. The highest BCUT2D eigenvalue weighted by Gasteiger charge is 2.18. The Bertz CT molecular complexity index is 1060. The molecule has 0 N–H and O–H groups in total. The van der Waals surface area contributed by atoms with Crippen molar-refractivity contribution in [1.29, 1.82) is 0 Å². The topological polar surface area (TPSA) is 105 Å². The molecule has 0 saturated heterocycles. The fraction of sp³-hybridized carbons (Fsp3) is 0.286. The zero-order chi connectivity index (χ0) is 20.8. The number of fused-ring (bicyclic) bond motifs is 1. The summed E-state index contributed by atoms with van der Waals surface area (Å²) in [5.41, 5.74) is 1.08. The fourth-order valence-electron chi connectivity index (χ4n) is 2.77. The van der Waals surface area contributed by atoms with Crippen LogP contribution in [-0.2, 0) is 20.7 Å². The van der Waals surface area contributed by atoms with Crippen LogP contribution in [0.25, 0.3) is 11.0 Å². The number of rotatable bonds is 8. The number of ether oxygens (including phenoxy) is 3. The lowest BCUT2D eigenvalue weighted by Gasteiger charge is -2.12. The van der Waals surface area contributed by atoms with Crippen LogP contribution in [0.5, 0.6) is 5.75 Å². The molecule has 0 aliphatic rings. The quantitative estimate of drug-likeness (QED) is 0.246. The monoisotopic (exact) mass is 400 g/mol. The van der Waals surface area contributed by atoms with Crippen molar-refractivity contribution in [2.75, 3.05) is 20.3 Å². The van der Waals surface area contributed by atoms with Crippen molar-refractivity contribution in [2.24, 2.45) is 0 Å². The number of hydrogen-bond donors (Lipinski definition) is 0. The number of aryl methyl sites for hydroxylation is 2. The van der Waals surface area contributed by atoms with Gasteiger partial charge in [0.2, 0.25) is 5.76 Å². The molecule has 0 amide bonds. The minimum atomic E-state index is -0.701. The van der Waals surface area contributed by atoms with Gasteiger partial charge < -0.3 is 23.0 Å². The van der Waals surface area contributed by atoms with Crippen molar-refractivity contribution in [3.05, 3.63) is 63.9 Å². The molecule has 2 aromatic heterocycles. The van der Waals surface area contributed by atoms with Gasteiger partial charge in [-0.1, -0.05) is 0 Å². The van der Waals surface area contributed by atoms with Crippen LogP contribution in [-0.4, -0.2) is 32.3 Å². The van der Waals surface area contributed by atoms with Crippen molar-refractivity contribution in [3.63, 3.8) is 0 Å². The average molecular weight is 400 g/mol. The lowest BCUT2D eigenvalue weighted by molar-refractivity contribution is -0.144. The molecule has 0 aliphatic carbocycles. The number of carbonyl (C=O) groups is 2. The molecule has 1 aromatic carbocycles. The van der Waals surface area contributed by atoms with Crippen LogP contribution in [0.2, 0.25) is 0 Å². The summed E-state index contributed by atoms with van der Waals surface area (Å²) in [5, 5.41) is 0.685. The van der Waals surface area contributed by atoms with E-state index in [0.29, 0.717) is 23.1 Å². The third-order valence-electron chi connectivity index (χ3n) is 4.21. The van der Waals surface area contributed by atoms with Gasteiger partial charge in [-0.3, -0.25) is 4.79 Å². The summed E-state index contributed by atoms with van der Waals surface area (Å²) in [5.74, 6) is -0.895. The van der Waals surface area contributed by atoms with Gasteiger partial charge in [0, 0.05) is 31.0 Å². The lowest BCUT2D eigenvalue weighted by Crippen LogP contribution is -2.12. The number of esters is 2. The first kappa shape index (κ1) is 20.3. The first-order chi connectivity index (χ1) is 14.0. The van der Waals surface area contributed by atoms with Crippen molar-refractivity contribution >= 4 is 22.9 Å². The Morgan fingerprint density at radius 1 is 1.14 bits per heavy atom. The van der Waals surface area contributed by atoms with E-state index < -0.39 is 17.6 Å². The summed E-state index contributed by atoms with van der Waals surface area (Å²) < 4.78 is 25.6. The first-order valence-corrected chi connectivity index (χ1v) is 8.95. The minimum absolute atomic E-state index is 0.0284. The molecule has 29 heavy (non-hydrogen) atoms. The third-order valence-corrected chi connectivity index (χ3v) is 4.21. The molecule has 0 unspecified atom stereocenters. The second-order valence-corrected chi connectivity index (χ2v) is 6.28. The van der Waals surface area contributed by atoms with E-state index in [1.54, 1.807) is 19.1 Å². The average Bonchev–Trinajstić information content (AvgIpc) is 3.21. The summed E-state index contributed by atoms with van der Waals surface area (Å²) in [4.78, 5) is 35.9. The normalized spacial score (nSPS) is 10.8. The van der Waals surface area contributed by atoms with E-state index in [2.05, 4.69) is 0 Å². The highest BCUT2D eigenvalue weighted by Crippen LogP contribution is 2.29. The molecule has 0 radical (unpaired) electrons. The maximum atomic E-state index is 12.3. The van der Waals surface area contributed by atoms with Gasteiger partial charge in [-0.15, -0.1) is 0 Å². The summed E-state index contributed by atoms with van der Waals surface area (Å²) in [6.07, 6.45) is 1.70. The molecule has 0 bridgehead atoms. The van der Waals surface area contributed by atoms with Gasteiger partial charge in [0.15, 0.2) is 0 Å². The van der Waals surface area contributed by atoms with Gasteiger partial charge in [-0.05, 0) is 42.7 Å². The van der Waals surface area contributed by atoms with E-state index in [0.717, 1.165) is 0 Å². The molecule has 0 atom stereocenters. The molecular weight excluding hydrogens is 380 g/mol. The summed E-state index contributed by atoms with van der Waals surface area (Å²) >= 11 is 0. The van der Waals surface area contributed by atoms with Crippen molar-refractivity contribution in [1.82, 2.24) is 0 Å². The fourth-order valence-corrected chi connectivity index (χ4v) is 2.77. The van der Waals surface area contributed by atoms with Crippen LogP contribution in [0.15, 0.2) is 50.2 Å². The van der Waals surface area contributed by atoms with Crippen LogP contribution in [0, 0.1) is 6.92 Å². The SMILES string of the molecule is COCCOC(=O)CCc1cc2c(C)cc(=O)oc2cc1OC(=O)c1ccco1. The second kappa shape index (κ2) is 9.20. The maximum absolute atomic E-state index is 12.3. The predicted octanol–water partition coefficient (Wildman–Crippen LogP) is 3.04. The standard InChI is InChI=1S/C21H20O8/c1-13-10-20(23)28-18-12-17(29-21(24)16-4-3-7-26-16)14(11-15(13)18)5-6-19(22)27-9-8-25-2/h3-4,7,10-12H,5-6,8-9H2,1-2H3. The van der Waals surface area contributed by atoms with Crippen molar-refractivity contribution in [3.8, 4) is 5.75 Å². The molecule has 8 heteroatoms. The Morgan fingerprint density at radius 2 is 1.97 bits per heavy atom. The van der Waals surface area contributed by atoms with Crippen molar-refractivity contribution < 1.29 is 32.6 Å². The molecule has 3 aromatic rings. The predicted molar refractivity (Wildman–Crippen MR) is 102 cm³/mol. The molecule has 3 rings (SSSR count).